The van der Waals surface area contributed by atoms with E-state index in [1.807, 2.05) is 36.4 Å². The van der Waals surface area contributed by atoms with Gasteiger partial charge in [0.05, 0.1) is 5.56 Å². The van der Waals surface area contributed by atoms with Crippen molar-refractivity contribution in [1.29, 1.82) is 0 Å². The Hall–Kier alpha value is -1.69. The van der Waals surface area contributed by atoms with E-state index >= 15 is 0 Å². The van der Waals surface area contributed by atoms with E-state index in [-0.39, 0.29) is 44.2 Å². The molecule has 5 heteroatoms. The summed E-state index contributed by atoms with van der Waals surface area (Å²) in [5.41, 5.74) is 1.70. The van der Waals surface area contributed by atoms with Gasteiger partial charge >= 0.3 is 43.7 Å². The van der Waals surface area contributed by atoms with Crippen molar-refractivity contribution in [3.05, 3.63) is 108 Å². The second-order valence-electron chi connectivity index (χ2n) is 5.71. The predicted octanol–water partition coefficient (Wildman–Crippen LogP) is 2.58. The van der Waals surface area contributed by atoms with Crippen LogP contribution in [0, 0.1) is 0 Å². The van der Waals surface area contributed by atoms with Gasteiger partial charge in [0.2, 0.25) is 0 Å². The third-order valence-corrected chi connectivity index (χ3v) is 3.79. The molecule has 0 bridgehead atoms. The fourth-order valence-electron chi connectivity index (χ4n) is 2.38. The van der Waals surface area contributed by atoms with Crippen molar-refractivity contribution in [2.75, 3.05) is 0 Å². The number of carbonyl (C=O) groups is 1. The minimum atomic E-state index is -0.945. The zero-order valence-electron chi connectivity index (χ0n) is 14.9. The summed E-state index contributed by atoms with van der Waals surface area (Å²) in [6, 6.07) is 26.4. The molecule has 27 heavy (non-hydrogen) atoms. The van der Waals surface area contributed by atoms with Crippen molar-refractivity contribution >= 4 is 43.7 Å². The van der Waals surface area contributed by atoms with E-state index in [0.717, 1.165) is 0 Å². The normalized spacial score (nSPS) is 11.9. The molecule has 3 aromatic carbocycles. The molecular formula is C22H20CaO4. The van der Waals surface area contributed by atoms with Crippen molar-refractivity contribution in [2.24, 2.45) is 0 Å². The molecule has 3 rings (SSSR count). The molecule has 2 atom stereocenters. The Kier molecular flexibility index (Phi) is 10.9. The Balaban J connectivity index is 0.000000310. The van der Waals surface area contributed by atoms with E-state index in [4.69, 9.17) is 5.11 Å². The van der Waals surface area contributed by atoms with E-state index in [9.17, 15) is 15.0 Å². The summed E-state index contributed by atoms with van der Waals surface area (Å²) in [4.78, 5) is 10.2. The molecule has 0 heterocycles. The molecule has 4 nitrogen and oxygen atoms in total. The second kappa shape index (κ2) is 12.7. The van der Waals surface area contributed by atoms with E-state index in [1.165, 1.54) is 0 Å². The maximum absolute atomic E-state index is 11.9. The SMILES string of the molecule is O=C(O)c1ccccc1.[Ca+2].[O-]C(CC([O-])c1ccccc1)c1ccccc1. The van der Waals surface area contributed by atoms with Gasteiger partial charge in [0.25, 0.3) is 0 Å². The Morgan fingerprint density at radius 1 is 0.704 bits per heavy atom. The summed E-state index contributed by atoms with van der Waals surface area (Å²) >= 11 is 0. The van der Waals surface area contributed by atoms with E-state index in [2.05, 4.69) is 0 Å². The minimum absolute atomic E-state index is 0. The molecule has 0 aliphatic rings. The van der Waals surface area contributed by atoms with Gasteiger partial charge < -0.3 is 15.3 Å². The van der Waals surface area contributed by atoms with Crippen LogP contribution in [0.2, 0.25) is 0 Å². The molecule has 1 N–H and O–H groups in total. The van der Waals surface area contributed by atoms with Gasteiger partial charge in [0.1, 0.15) is 0 Å². The summed E-state index contributed by atoms with van der Waals surface area (Å²) in [6.45, 7) is 0. The largest absolute Gasteiger partial charge is 2.00 e. The van der Waals surface area contributed by atoms with Gasteiger partial charge in [-0.1, -0.05) is 96.4 Å². The number of hydrogen-bond acceptors (Lipinski definition) is 3. The fourth-order valence-corrected chi connectivity index (χ4v) is 2.38. The second-order valence-corrected chi connectivity index (χ2v) is 5.71. The molecule has 3 aromatic rings. The zero-order valence-corrected chi connectivity index (χ0v) is 17.1. The van der Waals surface area contributed by atoms with Crippen molar-refractivity contribution in [2.45, 2.75) is 18.6 Å². The van der Waals surface area contributed by atoms with Gasteiger partial charge in [0.15, 0.2) is 0 Å². The maximum Gasteiger partial charge on any atom is 2.00 e. The molecule has 0 fully saturated rings. The van der Waals surface area contributed by atoms with Crippen LogP contribution in [0.5, 0.6) is 0 Å². The first-order valence-corrected chi connectivity index (χ1v) is 8.28. The molecule has 0 spiro atoms. The number of carboxylic acid groups (broad SMARTS) is 1. The monoisotopic (exact) mass is 388 g/mol. The van der Waals surface area contributed by atoms with Crippen molar-refractivity contribution in [3.8, 4) is 0 Å². The Morgan fingerprint density at radius 3 is 1.33 bits per heavy atom. The van der Waals surface area contributed by atoms with Crippen LogP contribution in [0.25, 0.3) is 0 Å². The summed E-state index contributed by atoms with van der Waals surface area (Å²) in [6.07, 6.45) is -1.80. The summed E-state index contributed by atoms with van der Waals surface area (Å²) in [5.74, 6) is -0.879. The topological polar surface area (TPSA) is 83.4 Å². The van der Waals surface area contributed by atoms with Crippen LogP contribution < -0.4 is 10.2 Å². The van der Waals surface area contributed by atoms with E-state index < -0.39 is 18.2 Å². The summed E-state index contributed by atoms with van der Waals surface area (Å²) in [7, 11) is 0. The van der Waals surface area contributed by atoms with Crippen LogP contribution >= 0.6 is 0 Å². The standard InChI is InChI=1S/C15H14O2.C7H6O2.Ca/c16-14(12-7-3-1-4-8-12)11-15(17)13-9-5-2-6-10-13;8-7(9)6-4-2-1-3-5-6;/h1-10,14-15H,11H2;1-5H,(H,8,9);/q-2;;+2. The van der Waals surface area contributed by atoms with E-state index in [1.54, 1.807) is 54.6 Å². The molecule has 0 saturated heterocycles. The third-order valence-electron chi connectivity index (χ3n) is 3.79. The predicted molar refractivity (Wildman–Crippen MR) is 102 cm³/mol. The molecule has 0 amide bonds. The van der Waals surface area contributed by atoms with Crippen LogP contribution in [-0.2, 0) is 0 Å². The third kappa shape index (κ3) is 8.24. The first-order valence-electron chi connectivity index (χ1n) is 8.28. The number of carboxylic acids is 1. The molecular weight excluding hydrogens is 368 g/mol. The number of aromatic carboxylic acids is 1. The fraction of sp³-hybridized carbons (Fsp3) is 0.136. The Bertz CT molecular complexity index is 736. The number of hydrogen-bond donors (Lipinski definition) is 1. The van der Waals surface area contributed by atoms with Gasteiger partial charge in [-0.05, 0) is 12.1 Å². The Labute approximate surface area is 189 Å². The minimum Gasteiger partial charge on any atom is -0.849 e. The van der Waals surface area contributed by atoms with Crippen LogP contribution in [0.3, 0.4) is 0 Å². The van der Waals surface area contributed by atoms with Crippen molar-refractivity contribution in [1.82, 2.24) is 0 Å². The molecule has 0 radical (unpaired) electrons. The van der Waals surface area contributed by atoms with Crippen LogP contribution in [0.4, 0.5) is 0 Å². The van der Waals surface area contributed by atoms with Crippen LogP contribution in [0.1, 0.15) is 40.1 Å². The van der Waals surface area contributed by atoms with Crippen LogP contribution in [-0.4, -0.2) is 48.8 Å². The zero-order chi connectivity index (χ0) is 18.8. The average molecular weight is 388 g/mol. The average Bonchev–Trinajstić information content (AvgIpc) is 2.70. The number of benzene rings is 3. The van der Waals surface area contributed by atoms with Gasteiger partial charge in [-0.2, -0.15) is 0 Å². The summed E-state index contributed by atoms with van der Waals surface area (Å²) < 4.78 is 0. The maximum atomic E-state index is 11.9. The van der Waals surface area contributed by atoms with Crippen LogP contribution in [0.15, 0.2) is 91.0 Å². The van der Waals surface area contributed by atoms with Gasteiger partial charge in [-0.3, -0.25) is 0 Å². The molecule has 2 unspecified atom stereocenters. The number of rotatable bonds is 5. The van der Waals surface area contributed by atoms with Crippen molar-refractivity contribution in [3.63, 3.8) is 0 Å². The molecule has 0 aliphatic heterocycles. The molecule has 0 saturated carbocycles. The van der Waals surface area contributed by atoms with Crippen molar-refractivity contribution < 1.29 is 20.1 Å². The molecule has 0 aliphatic carbocycles. The first-order chi connectivity index (χ1) is 12.6. The first kappa shape index (κ1) is 23.3. The molecule has 134 valence electrons. The quantitative estimate of drug-likeness (QED) is 0.681. The van der Waals surface area contributed by atoms with Gasteiger partial charge in [-0.25, -0.2) is 4.79 Å². The van der Waals surface area contributed by atoms with E-state index in [0.29, 0.717) is 16.7 Å². The van der Waals surface area contributed by atoms with Gasteiger partial charge in [0, 0.05) is 0 Å². The Morgan fingerprint density at radius 2 is 1.04 bits per heavy atom. The summed E-state index contributed by atoms with van der Waals surface area (Å²) in [5, 5.41) is 32.2. The molecule has 0 aromatic heterocycles. The van der Waals surface area contributed by atoms with Gasteiger partial charge in [-0.15, -0.1) is 12.2 Å². The smallest absolute Gasteiger partial charge is 0.849 e.